The van der Waals surface area contributed by atoms with Crippen molar-refractivity contribution in [2.45, 2.75) is 22.3 Å². The third-order valence-corrected chi connectivity index (χ3v) is 6.37. The van der Waals surface area contributed by atoms with Gasteiger partial charge in [-0.25, -0.2) is 4.52 Å². The molecule has 0 amide bonds. The van der Waals surface area contributed by atoms with Gasteiger partial charge in [0.05, 0.1) is 35.1 Å². The fourth-order valence-corrected chi connectivity index (χ4v) is 4.81. The highest BCUT2D eigenvalue weighted by Crippen LogP contribution is 2.37. The lowest BCUT2D eigenvalue weighted by atomic mass is 10.1. The van der Waals surface area contributed by atoms with Gasteiger partial charge in [-0.2, -0.15) is 20.7 Å². The van der Waals surface area contributed by atoms with Crippen LogP contribution in [0, 0.1) is 22.7 Å². The molecule has 0 saturated carbocycles. The molecular formula is C22H17N7S. The average Bonchev–Trinajstić information content (AvgIpc) is 3.53. The molecule has 1 fully saturated rings. The van der Waals surface area contributed by atoms with Crippen molar-refractivity contribution >= 4 is 17.3 Å². The summed E-state index contributed by atoms with van der Waals surface area (Å²) in [4.78, 5) is 1.72. The van der Waals surface area contributed by atoms with Gasteiger partial charge in [-0.15, -0.1) is 0 Å². The molecule has 4 aromatic rings. The average molecular weight is 411 g/mol. The highest BCUT2D eigenvalue weighted by atomic mass is 32.2. The molecule has 0 bridgehead atoms. The molecule has 1 aliphatic rings. The predicted octanol–water partition coefficient (Wildman–Crippen LogP) is 3.63. The van der Waals surface area contributed by atoms with Crippen molar-refractivity contribution in [3.63, 3.8) is 0 Å². The molecule has 0 unspecified atom stereocenters. The summed E-state index contributed by atoms with van der Waals surface area (Å²) in [6, 6.07) is 14.3. The summed E-state index contributed by atoms with van der Waals surface area (Å²) in [7, 11) is 0. The van der Waals surface area contributed by atoms with E-state index in [-0.39, 0.29) is 0 Å². The Morgan fingerprint density at radius 1 is 1.00 bits per heavy atom. The minimum atomic E-state index is 0.369. The van der Waals surface area contributed by atoms with Crippen molar-refractivity contribution in [2.24, 2.45) is 0 Å². The highest BCUT2D eigenvalue weighted by molar-refractivity contribution is 7.99. The molecule has 0 radical (unpaired) electrons. The normalized spacial score (nSPS) is 15.9. The fourth-order valence-electron chi connectivity index (χ4n) is 3.72. The number of nitrogens with zero attached hydrogens (tertiary/aromatic N) is 6. The van der Waals surface area contributed by atoms with Gasteiger partial charge in [0.2, 0.25) is 0 Å². The third kappa shape index (κ3) is 3.22. The fraction of sp³-hybridized carbons (Fsp3) is 0.182. The molecule has 1 saturated heterocycles. The molecular weight excluding hydrogens is 394 g/mol. The summed E-state index contributed by atoms with van der Waals surface area (Å²) >= 11 is 1.47. The minimum absolute atomic E-state index is 0.369. The summed E-state index contributed by atoms with van der Waals surface area (Å²) in [6.45, 7) is 1.94. The lowest BCUT2D eigenvalue weighted by Gasteiger charge is -2.10. The van der Waals surface area contributed by atoms with Crippen molar-refractivity contribution in [3.05, 3.63) is 66.2 Å². The van der Waals surface area contributed by atoms with Crippen LogP contribution in [0.5, 0.6) is 0 Å². The number of hydrogen-bond acceptors (Lipinski definition) is 6. The van der Waals surface area contributed by atoms with Crippen LogP contribution in [0.25, 0.3) is 16.6 Å². The molecule has 1 N–H and O–H groups in total. The van der Waals surface area contributed by atoms with Crippen molar-refractivity contribution in [2.75, 3.05) is 13.1 Å². The van der Waals surface area contributed by atoms with Crippen LogP contribution in [0.4, 0.5) is 0 Å². The maximum atomic E-state index is 9.54. The number of hydrogen-bond donors (Lipinski definition) is 1. The van der Waals surface area contributed by atoms with Crippen molar-refractivity contribution < 1.29 is 0 Å². The van der Waals surface area contributed by atoms with Crippen molar-refractivity contribution in [1.29, 1.82) is 10.5 Å². The Balaban J connectivity index is 1.61. The summed E-state index contributed by atoms with van der Waals surface area (Å²) in [5, 5.41) is 31.3. The number of benzene rings is 1. The summed E-state index contributed by atoms with van der Waals surface area (Å²) < 4.78 is 3.75. The summed E-state index contributed by atoms with van der Waals surface area (Å²) in [5.74, 6) is 0. The Morgan fingerprint density at radius 3 is 2.67 bits per heavy atom. The zero-order chi connectivity index (χ0) is 20.5. The first-order valence-corrected chi connectivity index (χ1v) is 10.4. The van der Waals surface area contributed by atoms with Crippen molar-refractivity contribution in [3.8, 4) is 23.3 Å². The number of rotatable bonds is 4. The molecule has 0 spiro atoms. The zero-order valence-corrected chi connectivity index (χ0v) is 16.8. The van der Waals surface area contributed by atoms with Crippen LogP contribution in [-0.2, 0) is 0 Å². The van der Waals surface area contributed by atoms with Crippen molar-refractivity contribution in [1.82, 2.24) is 24.7 Å². The van der Waals surface area contributed by atoms with Crippen LogP contribution in [0.1, 0.15) is 23.6 Å². The van der Waals surface area contributed by atoms with Crippen LogP contribution in [0.3, 0.4) is 0 Å². The maximum absolute atomic E-state index is 9.54. The maximum Gasteiger partial charge on any atom is 0.103 e. The van der Waals surface area contributed by atoms with Crippen LogP contribution < -0.4 is 5.32 Å². The SMILES string of the molecule is N#Cc1ccccc1Sc1cc(-c2cnn([C@H]3CCNC3)c2)cn2ncc(C#N)c12. The number of aromatic nitrogens is 4. The Bertz CT molecular complexity index is 1320. The lowest BCUT2D eigenvalue weighted by Crippen LogP contribution is -2.13. The van der Waals surface area contributed by atoms with Crippen LogP contribution in [0.15, 0.2) is 64.9 Å². The zero-order valence-electron chi connectivity index (χ0n) is 16.0. The lowest BCUT2D eigenvalue weighted by molar-refractivity contribution is 0.491. The van der Waals surface area contributed by atoms with E-state index in [9.17, 15) is 10.5 Å². The standard InChI is InChI=1S/C22H17N7S/c23-8-15-3-1-2-4-20(15)30-21-7-16(13-29-22(21)17(9-24)10-27-29)18-11-26-28(14-18)19-5-6-25-12-19/h1-4,7,10-11,13-14,19,25H,5-6,12H2/t19-/m0/s1. The molecule has 1 aromatic carbocycles. The number of fused-ring (bicyclic) bond motifs is 1. The van der Waals surface area contributed by atoms with E-state index in [1.807, 2.05) is 41.3 Å². The third-order valence-electron chi connectivity index (χ3n) is 5.27. The van der Waals surface area contributed by atoms with Gasteiger partial charge >= 0.3 is 0 Å². The Kier molecular flexibility index (Phi) is 4.72. The van der Waals surface area contributed by atoms with Crippen LogP contribution >= 0.6 is 11.8 Å². The Labute approximate surface area is 177 Å². The van der Waals surface area contributed by atoms with Crippen LogP contribution in [-0.4, -0.2) is 32.5 Å². The second kappa shape index (κ2) is 7.68. The van der Waals surface area contributed by atoms with Crippen LogP contribution in [0.2, 0.25) is 0 Å². The second-order valence-corrected chi connectivity index (χ2v) is 8.21. The van der Waals surface area contributed by atoms with E-state index in [2.05, 4.69) is 33.8 Å². The molecule has 1 atom stereocenters. The van der Waals surface area contributed by atoms with Gasteiger partial charge in [0.25, 0.3) is 0 Å². The van der Waals surface area contributed by atoms with Gasteiger partial charge in [-0.1, -0.05) is 23.9 Å². The van der Waals surface area contributed by atoms with Gasteiger partial charge in [-0.05, 0) is 31.2 Å². The molecule has 30 heavy (non-hydrogen) atoms. The molecule has 146 valence electrons. The molecule has 3 aromatic heterocycles. The quantitative estimate of drug-likeness (QED) is 0.551. The molecule has 8 heteroatoms. The number of nitrogens with one attached hydrogen (secondary N) is 1. The van der Waals surface area contributed by atoms with Gasteiger partial charge in [0.15, 0.2) is 0 Å². The second-order valence-electron chi connectivity index (χ2n) is 7.12. The largest absolute Gasteiger partial charge is 0.315 e. The van der Waals surface area contributed by atoms with E-state index in [1.54, 1.807) is 16.8 Å². The topological polar surface area (TPSA) is 94.7 Å². The van der Waals surface area contributed by atoms with E-state index < -0.39 is 0 Å². The molecule has 1 aliphatic heterocycles. The molecule has 5 rings (SSSR count). The minimum Gasteiger partial charge on any atom is -0.315 e. The van der Waals surface area contributed by atoms with Gasteiger partial charge < -0.3 is 5.32 Å². The first-order valence-electron chi connectivity index (χ1n) is 9.60. The van der Waals surface area contributed by atoms with E-state index in [0.29, 0.717) is 17.2 Å². The number of nitriles is 2. The monoisotopic (exact) mass is 411 g/mol. The summed E-state index contributed by atoms with van der Waals surface area (Å²) in [5.41, 5.74) is 3.81. The Hall–Kier alpha value is -3.59. The number of pyridine rings is 1. The van der Waals surface area contributed by atoms with E-state index in [4.69, 9.17) is 0 Å². The smallest absolute Gasteiger partial charge is 0.103 e. The molecule has 4 heterocycles. The molecule has 0 aliphatic carbocycles. The van der Waals surface area contributed by atoms with E-state index in [1.165, 1.54) is 11.8 Å². The summed E-state index contributed by atoms with van der Waals surface area (Å²) in [6.07, 6.45) is 8.49. The highest BCUT2D eigenvalue weighted by Gasteiger charge is 2.19. The van der Waals surface area contributed by atoms with E-state index >= 15 is 0 Å². The first kappa shape index (κ1) is 18.4. The van der Waals surface area contributed by atoms with Gasteiger partial charge in [0.1, 0.15) is 12.1 Å². The Morgan fingerprint density at radius 2 is 1.87 bits per heavy atom. The first-order chi connectivity index (χ1) is 14.8. The predicted molar refractivity (Wildman–Crippen MR) is 113 cm³/mol. The molecule has 7 nitrogen and oxygen atoms in total. The van der Waals surface area contributed by atoms with E-state index in [0.717, 1.165) is 45.9 Å². The van der Waals surface area contributed by atoms with Gasteiger partial charge in [0, 0.05) is 39.9 Å². The van der Waals surface area contributed by atoms with Gasteiger partial charge in [-0.3, -0.25) is 4.68 Å².